The number of nitrogens with two attached hydrogens (primary N) is 1. The third-order valence-electron chi connectivity index (χ3n) is 2.70. The topological polar surface area (TPSA) is 38.0 Å². The Morgan fingerprint density at radius 2 is 2.08 bits per heavy atom. The summed E-state index contributed by atoms with van der Waals surface area (Å²) in [6.45, 7) is 1.07. The molecule has 0 aromatic heterocycles. The number of hydrogen-bond donors (Lipinski definition) is 2. The van der Waals surface area contributed by atoms with Gasteiger partial charge in [-0.3, -0.25) is 0 Å². The fourth-order valence-electron chi connectivity index (χ4n) is 1.88. The first kappa shape index (κ1) is 8.73. The van der Waals surface area contributed by atoms with Gasteiger partial charge in [0.1, 0.15) is 0 Å². The minimum atomic E-state index is 0.334. The fraction of sp³-hybridized carbons (Fsp3) is 0.455. The van der Waals surface area contributed by atoms with E-state index in [0.29, 0.717) is 12.1 Å². The third-order valence-corrected chi connectivity index (χ3v) is 2.70. The maximum Gasteiger partial charge on any atom is 0.0259 e. The van der Waals surface area contributed by atoms with Crippen LogP contribution in [-0.2, 0) is 6.42 Å². The average Bonchev–Trinajstić information content (AvgIpc) is 2.54. The Hall–Kier alpha value is -0.860. The molecule has 2 nitrogen and oxygen atoms in total. The van der Waals surface area contributed by atoms with E-state index in [1.54, 1.807) is 0 Å². The lowest BCUT2D eigenvalue weighted by Gasteiger charge is -2.15. The number of nitrogens with one attached hydrogen (secondary N) is 1. The van der Waals surface area contributed by atoms with Crippen LogP contribution in [0.5, 0.6) is 0 Å². The fourth-order valence-corrected chi connectivity index (χ4v) is 1.88. The Kier molecular flexibility index (Phi) is 2.62. The normalized spacial score (nSPS) is 27.8. The van der Waals surface area contributed by atoms with Crippen LogP contribution in [-0.4, -0.2) is 18.6 Å². The van der Waals surface area contributed by atoms with E-state index in [4.69, 9.17) is 5.73 Å². The van der Waals surface area contributed by atoms with Gasteiger partial charge >= 0.3 is 0 Å². The molecule has 1 unspecified atom stereocenters. The molecule has 1 aliphatic rings. The van der Waals surface area contributed by atoms with E-state index in [9.17, 15) is 0 Å². The standard InChI is InChI=1S/C11H16N2/c12-10-6-7-13-11(10)8-9-4-2-1-3-5-9/h1-5,10-11,13H,6-8,12H2/t10?,11-/m1/s1. The number of hydrogen-bond acceptors (Lipinski definition) is 2. The summed E-state index contributed by atoms with van der Waals surface area (Å²) >= 11 is 0. The molecule has 1 heterocycles. The van der Waals surface area contributed by atoms with Crippen LogP contribution in [0.25, 0.3) is 0 Å². The predicted molar refractivity (Wildman–Crippen MR) is 54.5 cm³/mol. The molecule has 70 valence electrons. The first-order chi connectivity index (χ1) is 6.36. The second-order valence-electron chi connectivity index (χ2n) is 3.70. The lowest BCUT2D eigenvalue weighted by molar-refractivity contribution is 0.539. The summed E-state index contributed by atoms with van der Waals surface area (Å²) in [6.07, 6.45) is 2.17. The molecule has 0 bridgehead atoms. The third kappa shape index (κ3) is 2.08. The second-order valence-corrected chi connectivity index (χ2v) is 3.70. The number of benzene rings is 1. The molecule has 2 atom stereocenters. The molecule has 2 rings (SSSR count). The summed E-state index contributed by atoms with van der Waals surface area (Å²) in [7, 11) is 0. The summed E-state index contributed by atoms with van der Waals surface area (Å²) in [4.78, 5) is 0. The van der Waals surface area contributed by atoms with E-state index < -0.39 is 0 Å². The van der Waals surface area contributed by atoms with Gasteiger partial charge in [-0.1, -0.05) is 30.3 Å². The van der Waals surface area contributed by atoms with E-state index in [1.165, 1.54) is 5.56 Å². The molecular formula is C11H16N2. The van der Waals surface area contributed by atoms with Crippen LogP contribution in [0, 0.1) is 0 Å². The van der Waals surface area contributed by atoms with Crippen LogP contribution < -0.4 is 11.1 Å². The molecule has 13 heavy (non-hydrogen) atoms. The van der Waals surface area contributed by atoms with Gasteiger partial charge in [-0.15, -0.1) is 0 Å². The van der Waals surface area contributed by atoms with Gasteiger partial charge in [0.05, 0.1) is 0 Å². The van der Waals surface area contributed by atoms with Gasteiger partial charge in [0, 0.05) is 12.1 Å². The highest BCUT2D eigenvalue weighted by atomic mass is 15.0. The Morgan fingerprint density at radius 1 is 1.31 bits per heavy atom. The lowest BCUT2D eigenvalue weighted by Crippen LogP contribution is -2.37. The summed E-state index contributed by atoms with van der Waals surface area (Å²) < 4.78 is 0. The Morgan fingerprint density at radius 3 is 2.69 bits per heavy atom. The second kappa shape index (κ2) is 3.90. The summed E-state index contributed by atoms with van der Waals surface area (Å²) in [5, 5.41) is 3.43. The van der Waals surface area contributed by atoms with Crippen LogP contribution in [0.4, 0.5) is 0 Å². The van der Waals surface area contributed by atoms with E-state index in [-0.39, 0.29) is 0 Å². The summed E-state index contributed by atoms with van der Waals surface area (Å²) in [5.41, 5.74) is 7.34. The minimum Gasteiger partial charge on any atom is -0.326 e. The van der Waals surface area contributed by atoms with Gasteiger partial charge in [0.15, 0.2) is 0 Å². The Bertz CT molecular complexity index is 258. The summed E-state index contributed by atoms with van der Waals surface area (Å²) in [5.74, 6) is 0. The molecule has 0 amide bonds. The molecule has 1 aromatic rings. The van der Waals surface area contributed by atoms with Crippen molar-refractivity contribution < 1.29 is 0 Å². The number of rotatable bonds is 2. The van der Waals surface area contributed by atoms with E-state index in [2.05, 4.69) is 29.6 Å². The molecule has 1 aliphatic heterocycles. The van der Waals surface area contributed by atoms with Crippen molar-refractivity contribution in [1.82, 2.24) is 5.32 Å². The van der Waals surface area contributed by atoms with E-state index >= 15 is 0 Å². The van der Waals surface area contributed by atoms with Crippen LogP contribution in [0.3, 0.4) is 0 Å². The largest absolute Gasteiger partial charge is 0.326 e. The molecule has 0 saturated carbocycles. The maximum absolute atomic E-state index is 5.96. The molecule has 2 heteroatoms. The molecule has 3 N–H and O–H groups in total. The van der Waals surface area contributed by atoms with Crippen molar-refractivity contribution in [2.75, 3.05) is 6.54 Å². The molecule has 0 spiro atoms. The molecule has 1 saturated heterocycles. The molecule has 0 radical (unpaired) electrons. The van der Waals surface area contributed by atoms with Crippen LogP contribution in [0.1, 0.15) is 12.0 Å². The zero-order chi connectivity index (χ0) is 9.10. The molecular weight excluding hydrogens is 160 g/mol. The van der Waals surface area contributed by atoms with Gasteiger partial charge in [0.2, 0.25) is 0 Å². The van der Waals surface area contributed by atoms with E-state index in [1.807, 2.05) is 6.07 Å². The van der Waals surface area contributed by atoms with Gasteiger partial charge in [-0.25, -0.2) is 0 Å². The summed E-state index contributed by atoms with van der Waals surface area (Å²) in [6, 6.07) is 11.3. The Balaban J connectivity index is 1.98. The van der Waals surface area contributed by atoms with Crippen LogP contribution in [0.15, 0.2) is 30.3 Å². The van der Waals surface area contributed by atoms with Crippen molar-refractivity contribution in [1.29, 1.82) is 0 Å². The lowest BCUT2D eigenvalue weighted by atomic mass is 10.0. The maximum atomic E-state index is 5.96. The molecule has 1 fully saturated rings. The smallest absolute Gasteiger partial charge is 0.0259 e. The van der Waals surface area contributed by atoms with Crippen molar-refractivity contribution in [3.8, 4) is 0 Å². The van der Waals surface area contributed by atoms with Crippen molar-refractivity contribution in [3.63, 3.8) is 0 Å². The minimum absolute atomic E-state index is 0.334. The monoisotopic (exact) mass is 176 g/mol. The average molecular weight is 176 g/mol. The zero-order valence-electron chi connectivity index (χ0n) is 7.74. The van der Waals surface area contributed by atoms with E-state index in [0.717, 1.165) is 19.4 Å². The van der Waals surface area contributed by atoms with Crippen molar-refractivity contribution in [2.45, 2.75) is 24.9 Å². The van der Waals surface area contributed by atoms with Crippen molar-refractivity contribution in [3.05, 3.63) is 35.9 Å². The van der Waals surface area contributed by atoms with Gasteiger partial charge in [-0.2, -0.15) is 0 Å². The van der Waals surface area contributed by atoms with Crippen LogP contribution in [0.2, 0.25) is 0 Å². The molecule has 0 aliphatic carbocycles. The zero-order valence-corrected chi connectivity index (χ0v) is 7.74. The van der Waals surface area contributed by atoms with Crippen LogP contribution >= 0.6 is 0 Å². The highest BCUT2D eigenvalue weighted by molar-refractivity contribution is 5.16. The first-order valence-corrected chi connectivity index (χ1v) is 4.89. The predicted octanol–water partition coefficient (Wildman–Crippen LogP) is 0.918. The van der Waals surface area contributed by atoms with Gasteiger partial charge < -0.3 is 11.1 Å². The van der Waals surface area contributed by atoms with Crippen molar-refractivity contribution >= 4 is 0 Å². The molecule has 1 aromatic carbocycles. The van der Waals surface area contributed by atoms with Gasteiger partial charge in [0.25, 0.3) is 0 Å². The first-order valence-electron chi connectivity index (χ1n) is 4.89. The highest BCUT2D eigenvalue weighted by Crippen LogP contribution is 2.10. The van der Waals surface area contributed by atoms with Gasteiger partial charge in [-0.05, 0) is 24.9 Å². The highest BCUT2D eigenvalue weighted by Gasteiger charge is 2.22. The SMILES string of the molecule is NC1CCN[C@@H]1Cc1ccccc1. The Labute approximate surface area is 79.1 Å². The van der Waals surface area contributed by atoms with Crippen molar-refractivity contribution in [2.24, 2.45) is 5.73 Å². The quantitative estimate of drug-likeness (QED) is 0.703.